The van der Waals surface area contributed by atoms with Crippen molar-refractivity contribution >= 4 is 17.9 Å². The molecule has 208 valence electrons. The van der Waals surface area contributed by atoms with Gasteiger partial charge in [0.25, 0.3) is 0 Å². The van der Waals surface area contributed by atoms with Gasteiger partial charge in [-0.1, -0.05) is 74.7 Å². The van der Waals surface area contributed by atoms with Crippen molar-refractivity contribution in [2.75, 3.05) is 6.54 Å². The molecule has 0 saturated heterocycles. The van der Waals surface area contributed by atoms with Gasteiger partial charge in [0.05, 0.1) is 0 Å². The van der Waals surface area contributed by atoms with E-state index in [4.69, 9.17) is 4.74 Å². The van der Waals surface area contributed by atoms with Crippen molar-refractivity contribution in [1.29, 1.82) is 0 Å². The fraction of sp³-hybridized carbons (Fsp3) is 0.516. The molecule has 38 heavy (non-hydrogen) atoms. The van der Waals surface area contributed by atoms with E-state index in [0.29, 0.717) is 13.1 Å². The van der Waals surface area contributed by atoms with Crippen molar-refractivity contribution in [1.82, 2.24) is 15.5 Å². The lowest BCUT2D eigenvalue weighted by Crippen LogP contribution is -2.52. The van der Waals surface area contributed by atoms with Gasteiger partial charge in [0, 0.05) is 13.1 Å². The highest BCUT2D eigenvalue weighted by atomic mass is 16.6. The second kappa shape index (κ2) is 14.6. The first-order chi connectivity index (χ1) is 17.9. The Morgan fingerprint density at radius 2 is 1.63 bits per heavy atom. The summed E-state index contributed by atoms with van der Waals surface area (Å²) in [7, 11) is 0. The fourth-order valence-electron chi connectivity index (χ4n) is 4.27. The zero-order valence-corrected chi connectivity index (χ0v) is 24.1. The van der Waals surface area contributed by atoms with Crippen LogP contribution in [-0.4, -0.2) is 41.0 Å². The third-order valence-electron chi connectivity index (χ3n) is 6.45. The van der Waals surface area contributed by atoms with Crippen molar-refractivity contribution in [3.63, 3.8) is 0 Å². The molecule has 2 rings (SSSR count). The molecule has 0 aliphatic rings. The number of nitrogens with zero attached hydrogens (tertiary/aromatic N) is 1. The number of carbonyl (C=O) groups excluding carboxylic acids is 3. The van der Waals surface area contributed by atoms with Gasteiger partial charge >= 0.3 is 6.09 Å². The van der Waals surface area contributed by atoms with E-state index < -0.39 is 23.8 Å². The fourth-order valence-corrected chi connectivity index (χ4v) is 4.27. The number of alkyl carbamates (subject to hydrolysis) is 1. The SMILES string of the molecule is CCCCCCN(C(=O)C(C)NC(=O)OC(C)(C)C)C(C(=O)NCc1ccccc1)c1cccc(C)c1C. The Hall–Kier alpha value is -3.35. The zero-order valence-electron chi connectivity index (χ0n) is 24.1. The molecule has 0 aromatic heterocycles. The van der Waals surface area contributed by atoms with Crippen molar-refractivity contribution in [2.45, 2.75) is 98.4 Å². The Morgan fingerprint density at radius 1 is 0.947 bits per heavy atom. The van der Waals surface area contributed by atoms with E-state index in [9.17, 15) is 14.4 Å². The van der Waals surface area contributed by atoms with E-state index in [1.165, 1.54) is 0 Å². The molecule has 0 radical (unpaired) electrons. The summed E-state index contributed by atoms with van der Waals surface area (Å²) in [5.41, 5.74) is 3.07. The third kappa shape index (κ3) is 9.51. The maximum atomic E-state index is 13.9. The van der Waals surface area contributed by atoms with Crippen LogP contribution in [-0.2, 0) is 20.9 Å². The maximum absolute atomic E-state index is 13.9. The molecule has 2 atom stereocenters. The summed E-state index contributed by atoms with van der Waals surface area (Å²) in [4.78, 5) is 41.8. The van der Waals surface area contributed by atoms with Gasteiger partial charge in [0.1, 0.15) is 17.7 Å². The average Bonchev–Trinajstić information content (AvgIpc) is 2.85. The van der Waals surface area contributed by atoms with Gasteiger partial charge in [-0.25, -0.2) is 4.79 Å². The standard InChI is InChI=1S/C31H45N3O4/c1-8-9-10-14-20-34(29(36)24(4)33-30(37)38-31(5,6)7)27(26-19-15-16-22(2)23(26)3)28(35)32-21-25-17-12-11-13-18-25/h11-13,15-19,24,27H,8-10,14,20-21H2,1-7H3,(H,32,35)(H,33,37). The summed E-state index contributed by atoms with van der Waals surface area (Å²) in [5, 5.41) is 5.71. The molecule has 7 nitrogen and oxygen atoms in total. The molecule has 0 spiro atoms. The Morgan fingerprint density at radius 3 is 2.26 bits per heavy atom. The summed E-state index contributed by atoms with van der Waals surface area (Å²) in [5.74, 6) is -0.580. The topological polar surface area (TPSA) is 87.7 Å². The monoisotopic (exact) mass is 523 g/mol. The highest BCUT2D eigenvalue weighted by Crippen LogP contribution is 2.28. The Kier molecular flexibility index (Phi) is 11.8. The Balaban J connectivity index is 2.41. The summed E-state index contributed by atoms with van der Waals surface area (Å²) in [6, 6.07) is 13.8. The predicted molar refractivity (Wildman–Crippen MR) is 152 cm³/mol. The maximum Gasteiger partial charge on any atom is 0.408 e. The van der Waals surface area contributed by atoms with Crippen LogP contribution in [0.4, 0.5) is 4.79 Å². The predicted octanol–water partition coefficient (Wildman–Crippen LogP) is 5.98. The van der Waals surface area contributed by atoms with Gasteiger partial charge in [-0.2, -0.15) is 0 Å². The molecule has 2 aromatic carbocycles. The van der Waals surface area contributed by atoms with Crippen LogP contribution in [0.25, 0.3) is 0 Å². The molecule has 2 N–H and O–H groups in total. The van der Waals surface area contributed by atoms with Crippen LogP contribution in [0.15, 0.2) is 48.5 Å². The summed E-state index contributed by atoms with van der Waals surface area (Å²) in [6.07, 6.45) is 3.14. The van der Waals surface area contributed by atoms with Crippen LogP contribution < -0.4 is 10.6 Å². The van der Waals surface area contributed by atoms with Crippen molar-refractivity contribution < 1.29 is 19.1 Å². The van der Waals surface area contributed by atoms with E-state index in [0.717, 1.165) is 47.9 Å². The molecule has 3 amide bonds. The molecule has 2 unspecified atom stereocenters. The molecule has 0 bridgehead atoms. The molecule has 0 fully saturated rings. The number of aryl methyl sites for hydroxylation is 1. The number of benzene rings is 2. The highest BCUT2D eigenvalue weighted by Gasteiger charge is 2.35. The molecule has 7 heteroatoms. The smallest absolute Gasteiger partial charge is 0.408 e. The minimum Gasteiger partial charge on any atom is -0.444 e. The van der Waals surface area contributed by atoms with Gasteiger partial charge in [0.15, 0.2) is 0 Å². The molecule has 0 saturated carbocycles. The second-order valence-electron chi connectivity index (χ2n) is 10.9. The van der Waals surface area contributed by atoms with Crippen LogP contribution in [0.1, 0.15) is 88.6 Å². The minimum absolute atomic E-state index is 0.254. The lowest BCUT2D eigenvalue weighted by Gasteiger charge is -2.34. The van der Waals surface area contributed by atoms with Crippen LogP contribution in [0, 0.1) is 13.8 Å². The highest BCUT2D eigenvalue weighted by molar-refractivity contribution is 5.92. The van der Waals surface area contributed by atoms with Crippen molar-refractivity contribution in [3.05, 3.63) is 70.8 Å². The minimum atomic E-state index is -0.870. The Bertz CT molecular complexity index is 1060. The van der Waals surface area contributed by atoms with Gasteiger partial charge in [-0.3, -0.25) is 9.59 Å². The number of hydrogen-bond donors (Lipinski definition) is 2. The van der Waals surface area contributed by atoms with E-state index in [-0.39, 0.29) is 11.8 Å². The van der Waals surface area contributed by atoms with Crippen LogP contribution in [0.2, 0.25) is 0 Å². The largest absolute Gasteiger partial charge is 0.444 e. The third-order valence-corrected chi connectivity index (χ3v) is 6.45. The molecule has 0 aliphatic heterocycles. The van der Waals surface area contributed by atoms with Gasteiger partial charge in [-0.05, 0) is 70.2 Å². The number of ether oxygens (including phenoxy) is 1. The van der Waals surface area contributed by atoms with Crippen LogP contribution in [0.5, 0.6) is 0 Å². The molecular weight excluding hydrogens is 478 g/mol. The number of amides is 3. The molecule has 2 aromatic rings. The normalized spacial score (nSPS) is 12.8. The summed E-state index contributed by atoms with van der Waals surface area (Å²) >= 11 is 0. The number of rotatable bonds is 12. The summed E-state index contributed by atoms with van der Waals surface area (Å²) < 4.78 is 5.37. The van der Waals surface area contributed by atoms with E-state index in [1.807, 2.05) is 62.4 Å². The lowest BCUT2D eigenvalue weighted by molar-refractivity contribution is -0.142. The first-order valence-corrected chi connectivity index (χ1v) is 13.6. The quantitative estimate of drug-likeness (QED) is 0.335. The second-order valence-corrected chi connectivity index (χ2v) is 10.9. The van der Waals surface area contributed by atoms with Gasteiger partial charge in [-0.15, -0.1) is 0 Å². The summed E-state index contributed by atoms with van der Waals surface area (Å²) in [6.45, 7) is 13.8. The van der Waals surface area contributed by atoms with E-state index >= 15 is 0 Å². The van der Waals surface area contributed by atoms with Gasteiger partial charge in [0.2, 0.25) is 11.8 Å². The number of unbranched alkanes of at least 4 members (excludes halogenated alkanes) is 3. The molecule has 0 heterocycles. The lowest BCUT2D eigenvalue weighted by atomic mass is 9.94. The van der Waals surface area contributed by atoms with Crippen molar-refractivity contribution in [2.24, 2.45) is 0 Å². The number of hydrogen-bond acceptors (Lipinski definition) is 4. The zero-order chi connectivity index (χ0) is 28.3. The van der Waals surface area contributed by atoms with Crippen molar-refractivity contribution in [3.8, 4) is 0 Å². The number of nitrogens with one attached hydrogen (secondary N) is 2. The molecular formula is C31H45N3O4. The molecule has 0 aliphatic carbocycles. The van der Waals surface area contributed by atoms with E-state index in [2.05, 4.69) is 17.6 Å². The van der Waals surface area contributed by atoms with Crippen LogP contribution in [0.3, 0.4) is 0 Å². The first-order valence-electron chi connectivity index (χ1n) is 13.6. The van der Waals surface area contributed by atoms with Gasteiger partial charge < -0.3 is 20.3 Å². The number of carbonyl (C=O) groups is 3. The van der Waals surface area contributed by atoms with E-state index in [1.54, 1.807) is 32.6 Å². The average molecular weight is 524 g/mol. The van der Waals surface area contributed by atoms with Crippen LogP contribution >= 0.6 is 0 Å². The Labute approximate surface area is 228 Å². The first kappa shape index (κ1) is 30.9.